The van der Waals surface area contributed by atoms with E-state index in [0.29, 0.717) is 19.8 Å². The van der Waals surface area contributed by atoms with E-state index in [2.05, 4.69) is 10.00 Å². The highest BCUT2D eigenvalue weighted by Crippen LogP contribution is 2.24. The molecule has 0 saturated carbocycles. The number of carbonyl (C=O) groups excluding carboxylic acids is 1. The average Bonchev–Trinajstić information content (AvgIpc) is 3.09. The number of carbonyl (C=O) groups is 1. The summed E-state index contributed by atoms with van der Waals surface area (Å²) < 4.78 is 7.60. The lowest BCUT2D eigenvalue weighted by molar-refractivity contribution is -0.384. The number of piperidine rings is 1. The van der Waals surface area contributed by atoms with Gasteiger partial charge < -0.3 is 9.64 Å². The van der Waals surface area contributed by atoms with Gasteiger partial charge >= 0.3 is 0 Å². The van der Waals surface area contributed by atoms with Crippen molar-refractivity contribution in [3.05, 3.63) is 34.5 Å². The Morgan fingerprint density at radius 1 is 1.24 bits per heavy atom. The van der Waals surface area contributed by atoms with Crippen molar-refractivity contribution in [2.24, 2.45) is 5.92 Å². The standard InChI is InChI=1S/C20H27N5O4/c1-14-11-23(12-15(2)29-14)20(26)16-5-7-22(8-6-16)13-24-19-4-3-18(25(27)28)9-17(19)10-21-24/h3-4,9-10,14-16H,5-8,11-13H2,1-2H3/t14-,15-/m0/s1. The van der Waals surface area contributed by atoms with Crippen molar-refractivity contribution in [2.75, 3.05) is 26.2 Å². The number of nitro benzene ring substituents is 1. The molecule has 29 heavy (non-hydrogen) atoms. The lowest BCUT2D eigenvalue weighted by Gasteiger charge is -2.39. The Balaban J connectivity index is 1.35. The van der Waals surface area contributed by atoms with Crippen molar-refractivity contribution < 1.29 is 14.5 Å². The monoisotopic (exact) mass is 401 g/mol. The Bertz CT molecular complexity index is 895. The summed E-state index contributed by atoms with van der Waals surface area (Å²) in [6, 6.07) is 4.81. The number of rotatable bonds is 4. The van der Waals surface area contributed by atoms with Crippen LogP contribution in [0.3, 0.4) is 0 Å². The summed E-state index contributed by atoms with van der Waals surface area (Å²) in [6.07, 6.45) is 3.52. The van der Waals surface area contributed by atoms with Crippen molar-refractivity contribution in [3.8, 4) is 0 Å². The molecule has 1 aromatic carbocycles. The van der Waals surface area contributed by atoms with Crippen LogP contribution in [0, 0.1) is 16.0 Å². The SMILES string of the molecule is C[C@H]1CN(C(=O)C2CCN(Cn3ncc4cc([N+](=O)[O-])ccc43)CC2)C[C@H](C)O1. The number of benzene rings is 1. The Morgan fingerprint density at radius 3 is 2.59 bits per heavy atom. The molecule has 3 heterocycles. The van der Waals surface area contributed by atoms with Crippen LogP contribution in [0.4, 0.5) is 5.69 Å². The van der Waals surface area contributed by atoms with Gasteiger partial charge in [-0.25, -0.2) is 0 Å². The van der Waals surface area contributed by atoms with Gasteiger partial charge in [0.15, 0.2) is 0 Å². The van der Waals surface area contributed by atoms with Crippen LogP contribution < -0.4 is 0 Å². The summed E-state index contributed by atoms with van der Waals surface area (Å²) in [4.78, 5) is 27.7. The third kappa shape index (κ3) is 4.25. The van der Waals surface area contributed by atoms with Crippen molar-refractivity contribution in [3.63, 3.8) is 0 Å². The van der Waals surface area contributed by atoms with Gasteiger partial charge in [0.05, 0.1) is 35.5 Å². The largest absolute Gasteiger partial charge is 0.372 e. The van der Waals surface area contributed by atoms with E-state index in [4.69, 9.17) is 4.74 Å². The average molecular weight is 401 g/mol. The number of aromatic nitrogens is 2. The van der Waals surface area contributed by atoms with Crippen LogP contribution in [0.5, 0.6) is 0 Å². The fourth-order valence-electron chi connectivity index (χ4n) is 4.43. The molecule has 2 fully saturated rings. The van der Waals surface area contributed by atoms with Gasteiger partial charge in [-0.15, -0.1) is 0 Å². The molecule has 2 saturated heterocycles. The van der Waals surface area contributed by atoms with Crippen molar-refractivity contribution in [1.82, 2.24) is 19.6 Å². The molecule has 9 nitrogen and oxygen atoms in total. The predicted octanol–water partition coefficient (Wildman–Crippen LogP) is 2.25. The first-order valence-electron chi connectivity index (χ1n) is 10.2. The molecule has 2 aliphatic heterocycles. The summed E-state index contributed by atoms with van der Waals surface area (Å²) >= 11 is 0. The van der Waals surface area contributed by atoms with Crippen LogP contribution in [0.15, 0.2) is 24.4 Å². The Labute approximate surface area is 169 Å². The van der Waals surface area contributed by atoms with Gasteiger partial charge in [-0.05, 0) is 32.8 Å². The summed E-state index contributed by atoms with van der Waals surface area (Å²) in [7, 11) is 0. The molecule has 2 aromatic rings. The van der Waals surface area contributed by atoms with Gasteiger partial charge in [0.25, 0.3) is 5.69 Å². The molecule has 0 N–H and O–H groups in total. The normalized spacial score (nSPS) is 24.1. The lowest BCUT2D eigenvalue weighted by atomic mass is 9.95. The van der Waals surface area contributed by atoms with E-state index in [1.54, 1.807) is 18.3 Å². The highest BCUT2D eigenvalue weighted by Gasteiger charge is 2.32. The summed E-state index contributed by atoms with van der Waals surface area (Å²) in [5.41, 5.74) is 0.952. The maximum Gasteiger partial charge on any atom is 0.270 e. The molecular formula is C20H27N5O4. The van der Waals surface area contributed by atoms with Crippen LogP contribution in [-0.2, 0) is 16.2 Å². The van der Waals surface area contributed by atoms with E-state index < -0.39 is 4.92 Å². The summed E-state index contributed by atoms with van der Waals surface area (Å²) in [6.45, 7) is 7.67. The van der Waals surface area contributed by atoms with Crippen LogP contribution in [0.1, 0.15) is 26.7 Å². The number of amides is 1. The third-order valence-electron chi connectivity index (χ3n) is 5.84. The molecule has 0 spiro atoms. The van der Waals surface area contributed by atoms with E-state index in [1.165, 1.54) is 6.07 Å². The number of fused-ring (bicyclic) bond motifs is 1. The number of non-ortho nitro benzene ring substituents is 1. The number of hydrogen-bond acceptors (Lipinski definition) is 6. The minimum absolute atomic E-state index is 0.0702. The molecule has 0 bridgehead atoms. The second kappa shape index (κ2) is 8.08. The summed E-state index contributed by atoms with van der Waals surface area (Å²) in [5.74, 6) is 0.323. The second-order valence-corrected chi connectivity index (χ2v) is 8.18. The topological polar surface area (TPSA) is 93.7 Å². The Kier molecular flexibility index (Phi) is 5.51. The lowest BCUT2D eigenvalue weighted by Crippen LogP contribution is -2.51. The van der Waals surface area contributed by atoms with Gasteiger partial charge in [-0.1, -0.05) is 0 Å². The maximum atomic E-state index is 12.9. The first-order valence-corrected chi connectivity index (χ1v) is 10.2. The van der Waals surface area contributed by atoms with Gasteiger partial charge in [-0.2, -0.15) is 5.10 Å². The van der Waals surface area contributed by atoms with Crippen LogP contribution in [0.2, 0.25) is 0 Å². The minimum atomic E-state index is -0.394. The highest BCUT2D eigenvalue weighted by atomic mass is 16.6. The number of nitro groups is 1. The zero-order chi connectivity index (χ0) is 20.5. The zero-order valence-corrected chi connectivity index (χ0v) is 16.9. The zero-order valence-electron chi connectivity index (χ0n) is 16.9. The molecule has 0 aliphatic carbocycles. The van der Waals surface area contributed by atoms with Crippen LogP contribution in [0.25, 0.3) is 10.9 Å². The molecular weight excluding hydrogens is 374 g/mol. The fourth-order valence-corrected chi connectivity index (χ4v) is 4.43. The number of nitrogens with zero attached hydrogens (tertiary/aromatic N) is 5. The minimum Gasteiger partial charge on any atom is -0.372 e. The second-order valence-electron chi connectivity index (χ2n) is 8.18. The Morgan fingerprint density at radius 2 is 1.93 bits per heavy atom. The Hall–Kier alpha value is -2.52. The van der Waals surface area contributed by atoms with E-state index in [9.17, 15) is 14.9 Å². The smallest absolute Gasteiger partial charge is 0.270 e. The number of likely N-dealkylation sites (tertiary alicyclic amines) is 1. The molecule has 0 unspecified atom stereocenters. The number of hydrogen-bond donors (Lipinski definition) is 0. The molecule has 4 rings (SSSR count). The molecule has 2 aliphatic rings. The first kappa shape index (κ1) is 19.8. The predicted molar refractivity (Wildman–Crippen MR) is 107 cm³/mol. The van der Waals surface area contributed by atoms with Gasteiger partial charge in [0.1, 0.15) is 0 Å². The number of morpholine rings is 1. The fraction of sp³-hybridized carbons (Fsp3) is 0.600. The molecule has 9 heteroatoms. The van der Waals surface area contributed by atoms with Crippen LogP contribution in [-0.4, -0.2) is 68.8 Å². The maximum absolute atomic E-state index is 12.9. The van der Waals surface area contributed by atoms with E-state index in [1.807, 2.05) is 23.4 Å². The molecule has 156 valence electrons. The van der Waals surface area contributed by atoms with Crippen molar-refractivity contribution in [1.29, 1.82) is 0 Å². The molecule has 1 amide bonds. The highest BCUT2D eigenvalue weighted by molar-refractivity contribution is 5.81. The van der Waals surface area contributed by atoms with Gasteiger partial charge in [0.2, 0.25) is 5.91 Å². The van der Waals surface area contributed by atoms with E-state index in [0.717, 1.165) is 36.8 Å². The first-order chi connectivity index (χ1) is 13.9. The van der Waals surface area contributed by atoms with E-state index >= 15 is 0 Å². The molecule has 2 atom stereocenters. The van der Waals surface area contributed by atoms with Crippen molar-refractivity contribution >= 4 is 22.5 Å². The summed E-state index contributed by atoms with van der Waals surface area (Å²) in [5, 5.41) is 16.1. The van der Waals surface area contributed by atoms with Crippen molar-refractivity contribution in [2.45, 2.75) is 45.6 Å². The van der Waals surface area contributed by atoms with Crippen LogP contribution >= 0.6 is 0 Å². The quantitative estimate of drug-likeness (QED) is 0.576. The van der Waals surface area contributed by atoms with Gasteiger partial charge in [0, 0.05) is 49.6 Å². The molecule has 0 radical (unpaired) electrons. The third-order valence-corrected chi connectivity index (χ3v) is 5.84. The van der Waals surface area contributed by atoms with Gasteiger partial charge in [-0.3, -0.25) is 24.5 Å². The molecule has 1 aromatic heterocycles. The number of ether oxygens (including phenoxy) is 1. The van der Waals surface area contributed by atoms with E-state index in [-0.39, 0.29) is 29.7 Å².